The second kappa shape index (κ2) is 4.46. The van der Waals surface area contributed by atoms with Crippen LogP contribution in [-0.4, -0.2) is 19.5 Å². The molecule has 0 saturated heterocycles. The van der Waals surface area contributed by atoms with Gasteiger partial charge in [0.15, 0.2) is 0 Å². The highest BCUT2D eigenvalue weighted by Gasteiger charge is 2.11. The molecule has 2 aromatic heterocycles. The largest absolute Gasteiger partial charge is 0.280 e. The highest BCUT2D eigenvalue weighted by atomic mass is 15.1. The van der Waals surface area contributed by atoms with Crippen LogP contribution in [0.25, 0.3) is 16.9 Å². The van der Waals surface area contributed by atoms with Gasteiger partial charge in [0, 0.05) is 11.8 Å². The predicted octanol–water partition coefficient (Wildman–Crippen LogP) is 3.25. The first-order chi connectivity index (χ1) is 9.16. The predicted molar refractivity (Wildman–Crippen MR) is 75.5 cm³/mol. The summed E-state index contributed by atoms with van der Waals surface area (Å²) in [4.78, 5) is 13.3. The summed E-state index contributed by atoms with van der Waals surface area (Å²) in [5, 5.41) is 0. The first kappa shape index (κ1) is 11.8. The van der Waals surface area contributed by atoms with Crippen molar-refractivity contribution >= 4 is 11.0 Å². The van der Waals surface area contributed by atoms with Crippen molar-refractivity contribution in [1.29, 1.82) is 0 Å². The molecule has 0 unspecified atom stereocenters. The fourth-order valence-corrected chi connectivity index (χ4v) is 2.24. The van der Waals surface area contributed by atoms with Gasteiger partial charge in [0.05, 0.1) is 11.0 Å². The van der Waals surface area contributed by atoms with Crippen LogP contribution in [-0.2, 0) is 0 Å². The standard InChI is InChI=1S/C15H16N4/c1-10(2)13-8-15(17-9-16-13)19-11(3)18-12-6-4-5-7-14(12)19/h4-10H,1-3H3. The van der Waals surface area contributed by atoms with Gasteiger partial charge in [-0.1, -0.05) is 26.0 Å². The molecule has 3 rings (SSSR count). The van der Waals surface area contributed by atoms with Gasteiger partial charge in [0.25, 0.3) is 0 Å². The molecule has 0 bridgehead atoms. The Labute approximate surface area is 112 Å². The van der Waals surface area contributed by atoms with Crippen LogP contribution in [0.4, 0.5) is 0 Å². The van der Waals surface area contributed by atoms with Crippen LogP contribution in [0.15, 0.2) is 36.7 Å². The topological polar surface area (TPSA) is 43.6 Å². The van der Waals surface area contributed by atoms with Crippen molar-refractivity contribution in [2.45, 2.75) is 26.7 Å². The summed E-state index contributed by atoms with van der Waals surface area (Å²) in [7, 11) is 0. The molecule has 19 heavy (non-hydrogen) atoms. The summed E-state index contributed by atoms with van der Waals surface area (Å²) < 4.78 is 2.07. The minimum absolute atomic E-state index is 0.386. The van der Waals surface area contributed by atoms with Crippen molar-refractivity contribution in [3.05, 3.63) is 48.2 Å². The molecule has 0 atom stereocenters. The van der Waals surface area contributed by atoms with E-state index in [2.05, 4.69) is 39.4 Å². The maximum absolute atomic E-state index is 4.57. The lowest BCUT2D eigenvalue weighted by atomic mass is 10.1. The molecule has 0 saturated carbocycles. The fraction of sp³-hybridized carbons (Fsp3) is 0.267. The Bertz CT molecular complexity index is 728. The molecule has 0 N–H and O–H groups in total. The van der Waals surface area contributed by atoms with Crippen LogP contribution < -0.4 is 0 Å². The summed E-state index contributed by atoms with van der Waals surface area (Å²) in [6.07, 6.45) is 1.62. The highest BCUT2D eigenvalue weighted by Crippen LogP contribution is 2.21. The summed E-state index contributed by atoms with van der Waals surface area (Å²) in [6, 6.07) is 10.1. The Kier molecular flexibility index (Phi) is 2.78. The number of para-hydroxylation sites is 2. The number of hydrogen-bond acceptors (Lipinski definition) is 3. The maximum atomic E-state index is 4.57. The van der Waals surface area contributed by atoms with Crippen LogP contribution in [0.3, 0.4) is 0 Å². The molecule has 0 fully saturated rings. The Morgan fingerprint density at radius 1 is 1.11 bits per heavy atom. The molecule has 4 heteroatoms. The summed E-state index contributed by atoms with van der Waals surface area (Å²) in [6.45, 7) is 6.26. The van der Waals surface area contributed by atoms with Crippen molar-refractivity contribution in [2.75, 3.05) is 0 Å². The number of rotatable bonds is 2. The van der Waals surface area contributed by atoms with Gasteiger partial charge in [0.2, 0.25) is 0 Å². The van der Waals surface area contributed by atoms with E-state index >= 15 is 0 Å². The fourth-order valence-electron chi connectivity index (χ4n) is 2.24. The van der Waals surface area contributed by atoms with Gasteiger partial charge in [-0.05, 0) is 25.0 Å². The minimum atomic E-state index is 0.386. The molecular weight excluding hydrogens is 236 g/mol. The van der Waals surface area contributed by atoms with E-state index in [4.69, 9.17) is 0 Å². The molecule has 0 spiro atoms. The van der Waals surface area contributed by atoms with Crippen LogP contribution in [0.2, 0.25) is 0 Å². The molecular formula is C15H16N4. The van der Waals surface area contributed by atoms with Gasteiger partial charge in [-0.2, -0.15) is 0 Å². The van der Waals surface area contributed by atoms with Crippen molar-refractivity contribution in [2.24, 2.45) is 0 Å². The highest BCUT2D eigenvalue weighted by molar-refractivity contribution is 5.77. The van der Waals surface area contributed by atoms with E-state index in [1.54, 1.807) is 6.33 Å². The van der Waals surface area contributed by atoms with Gasteiger partial charge in [-0.15, -0.1) is 0 Å². The Morgan fingerprint density at radius 3 is 2.68 bits per heavy atom. The van der Waals surface area contributed by atoms with Crippen molar-refractivity contribution < 1.29 is 0 Å². The molecule has 0 aliphatic rings. The minimum Gasteiger partial charge on any atom is -0.280 e. The van der Waals surface area contributed by atoms with E-state index in [1.807, 2.05) is 31.2 Å². The quantitative estimate of drug-likeness (QED) is 0.703. The lowest BCUT2D eigenvalue weighted by molar-refractivity contribution is 0.803. The Hall–Kier alpha value is -2.23. The number of imidazole rings is 1. The summed E-state index contributed by atoms with van der Waals surface area (Å²) in [5.74, 6) is 2.20. The Balaban J connectivity index is 2.24. The molecule has 0 amide bonds. The number of hydrogen-bond donors (Lipinski definition) is 0. The normalized spacial score (nSPS) is 11.4. The second-order valence-corrected chi connectivity index (χ2v) is 4.94. The van der Waals surface area contributed by atoms with Gasteiger partial charge >= 0.3 is 0 Å². The average Bonchev–Trinajstić information content (AvgIpc) is 2.74. The van der Waals surface area contributed by atoms with Crippen LogP contribution in [0.1, 0.15) is 31.3 Å². The third-order valence-electron chi connectivity index (χ3n) is 3.22. The maximum Gasteiger partial charge on any atom is 0.142 e. The second-order valence-electron chi connectivity index (χ2n) is 4.94. The Morgan fingerprint density at radius 2 is 1.89 bits per heavy atom. The van der Waals surface area contributed by atoms with Crippen LogP contribution in [0, 0.1) is 6.92 Å². The molecule has 3 aromatic rings. The number of aromatic nitrogens is 4. The number of fused-ring (bicyclic) bond motifs is 1. The molecule has 0 aliphatic carbocycles. The molecule has 0 aliphatic heterocycles. The molecule has 1 aromatic carbocycles. The monoisotopic (exact) mass is 252 g/mol. The van der Waals surface area contributed by atoms with E-state index in [9.17, 15) is 0 Å². The lowest BCUT2D eigenvalue weighted by Crippen LogP contribution is -2.03. The van der Waals surface area contributed by atoms with Crippen molar-refractivity contribution in [1.82, 2.24) is 19.5 Å². The lowest BCUT2D eigenvalue weighted by Gasteiger charge is -2.09. The summed E-state index contributed by atoms with van der Waals surface area (Å²) in [5.41, 5.74) is 3.11. The van der Waals surface area contributed by atoms with Gasteiger partial charge in [-0.3, -0.25) is 4.57 Å². The van der Waals surface area contributed by atoms with Gasteiger partial charge in [-0.25, -0.2) is 15.0 Å². The molecule has 0 radical (unpaired) electrons. The van der Waals surface area contributed by atoms with Gasteiger partial charge < -0.3 is 0 Å². The van der Waals surface area contributed by atoms with Crippen LogP contribution in [0.5, 0.6) is 0 Å². The van der Waals surface area contributed by atoms with Crippen molar-refractivity contribution in [3.8, 4) is 5.82 Å². The molecule has 4 nitrogen and oxygen atoms in total. The zero-order valence-corrected chi connectivity index (χ0v) is 11.3. The van der Waals surface area contributed by atoms with E-state index in [0.717, 1.165) is 28.4 Å². The number of nitrogens with zero attached hydrogens (tertiary/aromatic N) is 4. The van der Waals surface area contributed by atoms with E-state index in [1.165, 1.54) is 0 Å². The average molecular weight is 252 g/mol. The number of benzene rings is 1. The first-order valence-electron chi connectivity index (χ1n) is 6.43. The number of aryl methyl sites for hydroxylation is 1. The first-order valence-corrected chi connectivity index (χ1v) is 6.43. The third-order valence-corrected chi connectivity index (χ3v) is 3.22. The zero-order valence-electron chi connectivity index (χ0n) is 11.3. The van der Waals surface area contributed by atoms with Crippen LogP contribution >= 0.6 is 0 Å². The van der Waals surface area contributed by atoms with E-state index < -0.39 is 0 Å². The van der Waals surface area contributed by atoms with E-state index in [0.29, 0.717) is 5.92 Å². The van der Waals surface area contributed by atoms with Gasteiger partial charge in [0.1, 0.15) is 18.0 Å². The van der Waals surface area contributed by atoms with E-state index in [-0.39, 0.29) is 0 Å². The van der Waals surface area contributed by atoms with Crippen molar-refractivity contribution in [3.63, 3.8) is 0 Å². The molecule has 2 heterocycles. The third kappa shape index (κ3) is 1.99. The smallest absolute Gasteiger partial charge is 0.142 e. The summed E-state index contributed by atoms with van der Waals surface area (Å²) >= 11 is 0. The zero-order chi connectivity index (χ0) is 13.4. The SMILES string of the molecule is Cc1nc2ccccc2n1-c1cc(C(C)C)ncn1. The molecule has 96 valence electrons.